The van der Waals surface area contributed by atoms with Crippen LogP contribution in [0.5, 0.6) is 0 Å². The van der Waals surface area contributed by atoms with Gasteiger partial charge in [-0.25, -0.2) is 0 Å². The molecule has 2 nitrogen and oxygen atoms in total. The van der Waals surface area contributed by atoms with Crippen LogP contribution in [0.2, 0.25) is 0 Å². The van der Waals surface area contributed by atoms with Crippen molar-refractivity contribution in [1.82, 2.24) is 0 Å². The number of carbonyl (C=O) groups is 1. The minimum Gasteiger partial charge on any atom is -0.366 e. The fourth-order valence-electron chi connectivity index (χ4n) is 0.849. The van der Waals surface area contributed by atoms with Gasteiger partial charge >= 0.3 is 0 Å². The highest BCUT2D eigenvalue weighted by molar-refractivity contribution is 5.94. The number of hydrogen-bond acceptors (Lipinski definition) is 1. The van der Waals surface area contributed by atoms with Gasteiger partial charge in [0.05, 0.1) is 0 Å². The quantitative estimate of drug-likeness (QED) is 0.752. The van der Waals surface area contributed by atoms with Crippen LogP contribution < -0.4 is 5.73 Å². The summed E-state index contributed by atoms with van der Waals surface area (Å²) in [6.45, 7) is 1.86. The van der Waals surface area contributed by atoms with E-state index in [2.05, 4.69) is 0 Å². The molecule has 1 amide bonds. The highest BCUT2D eigenvalue weighted by atomic mass is 35.5. The summed E-state index contributed by atoms with van der Waals surface area (Å²) in [5.41, 5.74) is 6.60. The van der Waals surface area contributed by atoms with Crippen molar-refractivity contribution in [2.45, 2.75) is 6.92 Å². The Kier molecular flexibility index (Phi) is 6.76. The van der Waals surface area contributed by atoms with E-state index in [4.69, 9.17) is 5.73 Å². The van der Waals surface area contributed by atoms with E-state index in [0.29, 0.717) is 5.56 Å². The first-order valence-corrected chi connectivity index (χ1v) is 3.07. The van der Waals surface area contributed by atoms with Crippen LogP contribution in [0.1, 0.15) is 15.9 Å². The van der Waals surface area contributed by atoms with Crippen molar-refractivity contribution < 1.29 is 4.79 Å². The number of aryl methyl sites for hydroxylation is 1. The molecule has 0 spiro atoms. The summed E-state index contributed by atoms with van der Waals surface area (Å²) < 4.78 is 0. The normalized spacial score (nSPS) is 7.75. The average molecular weight is 208 g/mol. The summed E-state index contributed by atoms with van der Waals surface area (Å²) >= 11 is 0. The highest BCUT2D eigenvalue weighted by Gasteiger charge is 2.00. The summed E-state index contributed by atoms with van der Waals surface area (Å²) in [6, 6.07) is 7.26. The van der Waals surface area contributed by atoms with E-state index in [9.17, 15) is 4.79 Å². The van der Waals surface area contributed by atoms with E-state index in [-0.39, 0.29) is 30.7 Å². The van der Waals surface area contributed by atoms with Crippen LogP contribution >= 0.6 is 24.8 Å². The van der Waals surface area contributed by atoms with Gasteiger partial charge in [0, 0.05) is 5.56 Å². The monoisotopic (exact) mass is 207 g/mol. The minimum atomic E-state index is -0.363. The zero-order valence-electron chi connectivity index (χ0n) is 6.61. The third kappa shape index (κ3) is 3.11. The van der Waals surface area contributed by atoms with Crippen LogP contribution in [0.3, 0.4) is 0 Å². The number of amides is 1. The van der Waals surface area contributed by atoms with Gasteiger partial charge in [-0.1, -0.05) is 18.2 Å². The zero-order valence-corrected chi connectivity index (χ0v) is 8.24. The van der Waals surface area contributed by atoms with Crippen molar-refractivity contribution >= 4 is 30.7 Å². The van der Waals surface area contributed by atoms with Gasteiger partial charge in [0.2, 0.25) is 5.91 Å². The molecule has 0 fully saturated rings. The highest BCUT2D eigenvalue weighted by Crippen LogP contribution is 2.04. The molecule has 0 aliphatic rings. The van der Waals surface area contributed by atoms with Gasteiger partial charge in [-0.2, -0.15) is 0 Å². The van der Waals surface area contributed by atoms with Crippen LogP contribution in [-0.2, 0) is 0 Å². The van der Waals surface area contributed by atoms with Crippen LogP contribution in [0.25, 0.3) is 0 Å². The number of primary amides is 1. The van der Waals surface area contributed by atoms with Crippen LogP contribution in [-0.4, -0.2) is 5.91 Å². The fourth-order valence-corrected chi connectivity index (χ4v) is 0.849. The molecule has 1 aromatic rings. The van der Waals surface area contributed by atoms with E-state index < -0.39 is 0 Å². The summed E-state index contributed by atoms with van der Waals surface area (Å²) in [5, 5.41) is 0. The van der Waals surface area contributed by atoms with E-state index in [1.54, 1.807) is 12.1 Å². The summed E-state index contributed by atoms with van der Waals surface area (Å²) in [5.74, 6) is -0.363. The first-order chi connectivity index (χ1) is 4.72. The van der Waals surface area contributed by atoms with Gasteiger partial charge < -0.3 is 5.73 Å². The molecule has 2 N–H and O–H groups in total. The predicted molar refractivity (Wildman–Crippen MR) is 54.2 cm³/mol. The van der Waals surface area contributed by atoms with Gasteiger partial charge in [-0.15, -0.1) is 24.8 Å². The van der Waals surface area contributed by atoms with Crippen LogP contribution in [0.15, 0.2) is 24.3 Å². The maximum atomic E-state index is 10.6. The molecule has 0 saturated heterocycles. The standard InChI is InChI=1S/C8H9NO.2ClH/c1-6-4-2-3-5-7(6)8(9)10;;/h2-5H,1H3,(H2,9,10);2*1H. The second-order valence-electron chi connectivity index (χ2n) is 2.18. The van der Waals surface area contributed by atoms with Gasteiger partial charge in [-0.3, -0.25) is 4.79 Å². The average Bonchev–Trinajstić information content (AvgIpc) is 1.88. The maximum absolute atomic E-state index is 10.6. The Morgan fingerprint density at radius 3 is 2.08 bits per heavy atom. The molecule has 12 heavy (non-hydrogen) atoms. The number of benzene rings is 1. The number of carbonyl (C=O) groups excluding carboxylic acids is 1. The second kappa shape index (κ2) is 5.86. The third-order valence-corrected chi connectivity index (χ3v) is 1.41. The SMILES string of the molecule is Cc1ccccc1C(N)=O.Cl.Cl. The maximum Gasteiger partial charge on any atom is 0.248 e. The lowest BCUT2D eigenvalue weighted by molar-refractivity contribution is 0.0999. The van der Waals surface area contributed by atoms with Crippen LogP contribution in [0, 0.1) is 6.92 Å². The lowest BCUT2D eigenvalue weighted by Crippen LogP contribution is -2.12. The summed E-state index contributed by atoms with van der Waals surface area (Å²) in [6.07, 6.45) is 0. The fraction of sp³-hybridized carbons (Fsp3) is 0.125. The summed E-state index contributed by atoms with van der Waals surface area (Å²) in [7, 11) is 0. The third-order valence-electron chi connectivity index (χ3n) is 1.41. The second-order valence-corrected chi connectivity index (χ2v) is 2.18. The molecular weight excluding hydrogens is 197 g/mol. The molecule has 0 bridgehead atoms. The number of hydrogen-bond donors (Lipinski definition) is 1. The number of rotatable bonds is 1. The van der Waals surface area contributed by atoms with Gasteiger partial charge in [0.1, 0.15) is 0 Å². The Morgan fingerprint density at radius 1 is 1.25 bits per heavy atom. The first kappa shape index (κ1) is 13.8. The van der Waals surface area contributed by atoms with E-state index in [1.807, 2.05) is 19.1 Å². The van der Waals surface area contributed by atoms with Gasteiger partial charge in [0.15, 0.2) is 0 Å². The van der Waals surface area contributed by atoms with Gasteiger partial charge in [0.25, 0.3) is 0 Å². The molecular formula is C8H11Cl2NO. The Labute approximate surface area is 84.0 Å². The molecule has 68 valence electrons. The van der Waals surface area contributed by atoms with Gasteiger partial charge in [-0.05, 0) is 18.6 Å². The first-order valence-electron chi connectivity index (χ1n) is 3.07. The Morgan fingerprint density at radius 2 is 1.75 bits per heavy atom. The van der Waals surface area contributed by atoms with Crippen molar-refractivity contribution in [3.05, 3.63) is 35.4 Å². The molecule has 0 unspecified atom stereocenters. The molecule has 0 radical (unpaired) electrons. The number of nitrogens with two attached hydrogens (primary N) is 1. The predicted octanol–water partition coefficient (Wildman–Crippen LogP) is 1.94. The van der Waals surface area contributed by atoms with Crippen molar-refractivity contribution in [3.8, 4) is 0 Å². The molecule has 0 aliphatic carbocycles. The lowest BCUT2D eigenvalue weighted by atomic mass is 10.1. The van der Waals surface area contributed by atoms with E-state index >= 15 is 0 Å². The largest absolute Gasteiger partial charge is 0.366 e. The molecule has 0 heterocycles. The van der Waals surface area contributed by atoms with Crippen molar-refractivity contribution in [1.29, 1.82) is 0 Å². The van der Waals surface area contributed by atoms with Crippen molar-refractivity contribution in [2.75, 3.05) is 0 Å². The molecule has 4 heteroatoms. The number of halogens is 2. The zero-order chi connectivity index (χ0) is 7.56. The minimum absolute atomic E-state index is 0. The smallest absolute Gasteiger partial charge is 0.248 e. The lowest BCUT2D eigenvalue weighted by Gasteiger charge is -1.97. The molecule has 1 rings (SSSR count). The van der Waals surface area contributed by atoms with Crippen molar-refractivity contribution in [2.24, 2.45) is 5.73 Å². The molecule has 0 aromatic heterocycles. The molecule has 0 atom stereocenters. The Bertz CT molecular complexity index is 263. The molecule has 1 aromatic carbocycles. The van der Waals surface area contributed by atoms with Crippen molar-refractivity contribution in [3.63, 3.8) is 0 Å². The summed E-state index contributed by atoms with van der Waals surface area (Å²) in [4.78, 5) is 10.6. The van der Waals surface area contributed by atoms with E-state index in [0.717, 1.165) is 5.56 Å². The molecule has 0 aliphatic heterocycles. The Hall–Kier alpha value is -0.730. The molecule has 0 saturated carbocycles. The van der Waals surface area contributed by atoms with E-state index in [1.165, 1.54) is 0 Å². The Balaban J connectivity index is 0. The van der Waals surface area contributed by atoms with Crippen LogP contribution in [0.4, 0.5) is 0 Å². The topological polar surface area (TPSA) is 43.1 Å².